The fourth-order valence-corrected chi connectivity index (χ4v) is 7.72. The third-order valence-electron chi connectivity index (χ3n) is 5.44. The Morgan fingerprint density at radius 2 is 1.84 bits per heavy atom. The zero-order valence-electron chi connectivity index (χ0n) is 14.3. The first-order chi connectivity index (χ1) is 11.5. The maximum atomic E-state index is 12.0. The second-order valence-corrected chi connectivity index (χ2v) is 11.1. The van der Waals surface area contributed by atoms with Crippen LogP contribution in [0.5, 0.6) is 0 Å². The van der Waals surface area contributed by atoms with Gasteiger partial charge in [0.15, 0.2) is 11.0 Å². The Morgan fingerprint density at radius 1 is 1.16 bits per heavy atom. The molecule has 5 atom stereocenters. The monoisotopic (exact) mass is 402 g/mol. The molecule has 4 nitrogen and oxygen atoms in total. The van der Waals surface area contributed by atoms with E-state index in [-0.39, 0.29) is 0 Å². The van der Waals surface area contributed by atoms with Crippen molar-refractivity contribution in [1.29, 1.82) is 0 Å². The van der Waals surface area contributed by atoms with Gasteiger partial charge in [-0.2, -0.15) is 13.2 Å². The number of hydrogen-bond acceptors (Lipinski definition) is 4. The lowest BCUT2D eigenvalue weighted by Gasteiger charge is -2.27. The smallest absolute Gasteiger partial charge is 0.401 e. The molecule has 2 bridgehead atoms. The number of Topliss-reactive ketones (excluding diaryl/α,β-unsaturated/α-hetero) is 1. The minimum atomic E-state index is -5.16. The van der Waals surface area contributed by atoms with Gasteiger partial charge in [0.2, 0.25) is 0 Å². The fraction of sp³-hybridized carbons (Fsp3) is 0.938. The quantitative estimate of drug-likeness (QED) is 0.537. The molecule has 0 spiro atoms. The number of hydrogen-bond donors (Lipinski definition) is 0. The molecule has 146 valence electrons. The van der Waals surface area contributed by atoms with Crippen LogP contribution in [-0.2, 0) is 25.8 Å². The lowest BCUT2D eigenvalue weighted by atomic mass is 9.99. The maximum absolute atomic E-state index is 12.0. The summed E-state index contributed by atoms with van der Waals surface area (Å²) in [5.41, 5.74) is 0. The number of rotatable bonds is 3. The molecule has 3 saturated carbocycles. The fourth-order valence-electron chi connectivity index (χ4n) is 4.40. The van der Waals surface area contributed by atoms with Crippen LogP contribution in [-0.4, -0.2) is 47.4 Å². The van der Waals surface area contributed by atoms with E-state index in [2.05, 4.69) is 6.26 Å². The Balaban J connectivity index is 0.000000217. The third kappa shape index (κ3) is 6.43. The van der Waals surface area contributed by atoms with Crippen LogP contribution in [0.4, 0.5) is 13.2 Å². The summed E-state index contributed by atoms with van der Waals surface area (Å²) in [5, 5.41) is 1.38. The van der Waals surface area contributed by atoms with Crippen LogP contribution >= 0.6 is 0 Å². The van der Waals surface area contributed by atoms with Gasteiger partial charge in [0.1, 0.15) is 21.1 Å². The van der Waals surface area contributed by atoms with Crippen LogP contribution in [0.1, 0.15) is 51.4 Å². The summed E-state index contributed by atoms with van der Waals surface area (Å²) in [6.45, 7) is 0. The molecule has 0 aromatic rings. The molecule has 0 aliphatic heterocycles. The molecular formula is C16H25F3O4S2. The number of carbonyl (C=O) groups is 1. The van der Waals surface area contributed by atoms with E-state index in [1.54, 1.807) is 0 Å². The molecule has 3 aliphatic carbocycles. The normalized spacial score (nSPS) is 33.7. The molecule has 0 amide bonds. The van der Waals surface area contributed by atoms with Gasteiger partial charge in [-0.05, 0) is 55.3 Å². The van der Waals surface area contributed by atoms with Gasteiger partial charge in [-0.25, -0.2) is 8.42 Å². The summed E-state index contributed by atoms with van der Waals surface area (Å²) >= 11 is 0. The molecule has 0 saturated heterocycles. The van der Waals surface area contributed by atoms with Crippen molar-refractivity contribution in [1.82, 2.24) is 0 Å². The van der Waals surface area contributed by atoms with Crippen LogP contribution in [0.25, 0.3) is 0 Å². The van der Waals surface area contributed by atoms with Crippen LogP contribution in [0.2, 0.25) is 0 Å². The minimum absolute atomic E-state index is 0.389. The topological polar surface area (TPSA) is 74.3 Å². The van der Waals surface area contributed by atoms with E-state index in [9.17, 15) is 30.9 Å². The van der Waals surface area contributed by atoms with Gasteiger partial charge in [0.05, 0.1) is 6.26 Å². The SMILES string of the molecule is C[S+](C1CCCCC1=O)C1CC2CCC1C2.O=S(=O)([O-])CC(F)(F)F. The number of halogens is 3. The number of ketones is 1. The largest absolute Gasteiger partial charge is 0.748 e. The molecule has 5 unspecified atom stereocenters. The molecular weight excluding hydrogens is 377 g/mol. The van der Waals surface area contributed by atoms with E-state index in [1.807, 2.05) is 0 Å². The van der Waals surface area contributed by atoms with Gasteiger partial charge < -0.3 is 4.55 Å². The third-order valence-corrected chi connectivity index (χ3v) is 9.05. The maximum Gasteiger partial charge on any atom is 0.401 e. The Labute approximate surface area is 150 Å². The molecule has 0 aromatic heterocycles. The average Bonchev–Trinajstić information content (AvgIpc) is 3.06. The summed E-state index contributed by atoms with van der Waals surface area (Å²) < 4.78 is 61.0. The van der Waals surface area contributed by atoms with E-state index < -0.39 is 22.0 Å². The van der Waals surface area contributed by atoms with Gasteiger partial charge in [0.25, 0.3) is 0 Å². The number of fused-ring (bicyclic) bond motifs is 2. The summed E-state index contributed by atoms with van der Waals surface area (Å²) in [5.74, 6) is 0.330. The summed E-state index contributed by atoms with van der Waals surface area (Å²) in [6.07, 6.45) is 7.91. The molecule has 3 aliphatic rings. The average molecular weight is 403 g/mol. The zero-order valence-corrected chi connectivity index (χ0v) is 15.9. The van der Waals surface area contributed by atoms with Crippen molar-refractivity contribution in [2.45, 2.75) is 68.0 Å². The minimum Gasteiger partial charge on any atom is -0.748 e. The molecule has 0 heterocycles. The first-order valence-corrected chi connectivity index (χ1v) is 12.0. The van der Waals surface area contributed by atoms with E-state index in [0.29, 0.717) is 21.9 Å². The van der Waals surface area contributed by atoms with Crippen LogP contribution in [0, 0.1) is 11.8 Å². The highest BCUT2D eigenvalue weighted by Gasteiger charge is 2.50. The Morgan fingerprint density at radius 3 is 2.24 bits per heavy atom. The van der Waals surface area contributed by atoms with Crippen molar-refractivity contribution < 1.29 is 30.9 Å². The molecule has 3 fully saturated rings. The van der Waals surface area contributed by atoms with Crippen LogP contribution in [0.15, 0.2) is 0 Å². The van der Waals surface area contributed by atoms with E-state index in [1.165, 1.54) is 38.5 Å². The number of alkyl halides is 3. The second kappa shape index (κ2) is 8.17. The first kappa shape index (κ1) is 21.0. The Hall–Kier alpha value is -0.280. The highest BCUT2D eigenvalue weighted by Crippen LogP contribution is 2.48. The molecule has 0 radical (unpaired) electrons. The molecule has 0 N–H and O–H groups in total. The Kier molecular flexibility index (Phi) is 6.87. The van der Waals surface area contributed by atoms with Crippen molar-refractivity contribution in [3.8, 4) is 0 Å². The zero-order chi connectivity index (χ0) is 18.8. The van der Waals surface area contributed by atoms with Gasteiger partial charge in [0, 0.05) is 18.8 Å². The summed E-state index contributed by atoms with van der Waals surface area (Å²) in [4.78, 5) is 12.0. The summed E-state index contributed by atoms with van der Waals surface area (Å²) in [6, 6.07) is 0. The highest BCUT2D eigenvalue weighted by atomic mass is 32.2. The molecule has 3 rings (SSSR count). The van der Waals surface area contributed by atoms with E-state index in [0.717, 1.165) is 29.9 Å². The van der Waals surface area contributed by atoms with E-state index in [4.69, 9.17) is 0 Å². The Bertz CT molecular complexity index is 576. The van der Waals surface area contributed by atoms with Crippen molar-refractivity contribution in [3.63, 3.8) is 0 Å². The lowest BCUT2D eigenvalue weighted by Crippen LogP contribution is -2.41. The molecule has 0 aromatic carbocycles. The van der Waals surface area contributed by atoms with Crippen LogP contribution in [0.3, 0.4) is 0 Å². The first-order valence-electron chi connectivity index (χ1n) is 8.63. The van der Waals surface area contributed by atoms with Crippen molar-refractivity contribution in [2.75, 3.05) is 12.0 Å². The standard InChI is InChI=1S/C14H23OS.C2H3F3O3S/c1-16(13-5-3-2-4-12(13)15)14-9-10-6-7-11(14)8-10;3-2(4,5)1-9(6,7)8/h10-11,13-14H,2-9H2,1H3;1H2,(H,6,7,8)/q+1;/p-1. The van der Waals surface area contributed by atoms with Gasteiger partial charge in [-0.1, -0.05) is 0 Å². The molecule has 25 heavy (non-hydrogen) atoms. The van der Waals surface area contributed by atoms with Crippen LogP contribution < -0.4 is 0 Å². The second-order valence-electron chi connectivity index (χ2n) is 7.34. The van der Waals surface area contributed by atoms with Gasteiger partial charge >= 0.3 is 6.18 Å². The number of carbonyl (C=O) groups excluding carboxylic acids is 1. The molecule has 9 heteroatoms. The van der Waals surface area contributed by atoms with Gasteiger partial charge in [-0.15, -0.1) is 0 Å². The van der Waals surface area contributed by atoms with E-state index >= 15 is 0 Å². The van der Waals surface area contributed by atoms with Crippen molar-refractivity contribution >= 4 is 26.8 Å². The van der Waals surface area contributed by atoms with Crippen molar-refractivity contribution in [3.05, 3.63) is 0 Å². The lowest BCUT2D eigenvalue weighted by molar-refractivity contribution is -0.119. The van der Waals surface area contributed by atoms with Crippen molar-refractivity contribution in [2.24, 2.45) is 11.8 Å². The van der Waals surface area contributed by atoms with Gasteiger partial charge in [-0.3, -0.25) is 4.79 Å². The predicted molar refractivity (Wildman–Crippen MR) is 90.4 cm³/mol. The predicted octanol–water partition coefficient (Wildman–Crippen LogP) is 3.03. The highest BCUT2D eigenvalue weighted by molar-refractivity contribution is 7.98. The summed E-state index contributed by atoms with van der Waals surface area (Å²) in [7, 11) is -4.77.